The number of rotatable bonds is 5. The van der Waals surface area contributed by atoms with E-state index in [-0.39, 0.29) is 35.6 Å². The van der Waals surface area contributed by atoms with Crippen molar-refractivity contribution in [2.45, 2.75) is 48.7 Å². The second-order valence-corrected chi connectivity index (χ2v) is 8.89. The van der Waals surface area contributed by atoms with E-state index in [9.17, 15) is 20.4 Å². The minimum Gasteiger partial charge on any atom is -0.394 e. The van der Waals surface area contributed by atoms with Gasteiger partial charge in [0.2, 0.25) is 5.72 Å². The molecule has 16 heteroatoms. The number of ether oxygens (including phenoxy) is 2. The van der Waals surface area contributed by atoms with Gasteiger partial charge in [0.25, 0.3) is 0 Å². The van der Waals surface area contributed by atoms with E-state index in [0.717, 1.165) is 0 Å². The number of imidazole rings is 2. The molecule has 6 heterocycles. The summed E-state index contributed by atoms with van der Waals surface area (Å²) in [5, 5.41) is 43.9. The number of hydrogen-bond donors (Lipinski definition) is 6. The third-order valence-corrected chi connectivity index (χ3v) is 7.03. The van der Waals surface area contributed by atoms with Gasteiger partial charge < -0.3 is 41.4 Å². The fourth-order valence-electron chi connectivity index (χ4n) is 5.38. The number of aliphatic hydroxyl groups excluding tert-OH is 3. The molecule has 6 rings (SSSR count). The molecule has 2 aliphatic heterocycles. The molecule has 6 atom stereocenters. The van der Waals surface area contributed by atoms with Gasteiger partial charge in [-0.1, -0.05) is 0 Å². The molecule has 0 bridgehead atoms. The Balaban J connectivity index is 1.52. The van der Waals surface area contributed by atoms with E-state index in [1.54, 1.807) is 4.57 Å². The van der Waals surface area contributed by atoms with Gasteiger partial charge in [-0.3, -0.25) is 9.13 Å². The molecule has 0 aromatic carbocycles. The minimum absolute atomic E-state index is 0.0143. The first kappa shape index (κ1) is 22.9. The van der Waals surface area contributed by atoms with Gasteiger partial charge in [-0.15, -0.1) is 0 Å². The van der Waals surface area contributed by atoms with Crippen LogP contribution in [0.5, 0.6) is 0 Å². The quantitative estimate of drug-likeness (QED) is 0.168. The molecule has 0 spiro atoms. The number of aliphatic hydroxyl groups is 4. The summed E-state index contributed by atoms with van der Waals surface area (Å²) in [6, 6.07) is 0. The van der Waals surface area contributed by atoms with Crippen molar-refractivity contribution < 1.29 is 29.9 Å². The Labute approximate surface area is 202 Å². The summed E-state index contributed by atoms with van der Waals surface area (Å²) in [5.74, 6) is 0.262. The molecule has 4 aromatic heterocycles. The van der Waals surface area contributed by atoms with Crippen LogP contribution in [0, 0.1) is 0 Å². The lowest BCUT2D eigenvalue weighted by molar-refractivity contribution is -0.271. The molecule has 4 aromatic rings. The lowest BCUT2D eigenvalue weighted by Gasteiger charge is -2.46. The van der Waals surface area contributed by atoms with Crippen LogP contribution in [0.1, 0.15) is 19.1 Å². The van der Waals surface area contributed by atoms with Crippen molar-refractivity contribution in [3.8, 4) is 0 Å². The van der Waals surface area contributed by atoms with Crippen LogP contribution < -0.4 is 11.5 Å². The van der Waals surface area contributed by atoms with Gasteiger partial charge in [-0.05, 0) is 0 Å². The molecule has 16 nitrogen and oxygen atoms in total. The van der Waals surface area contributed by atoms with Gasteiger partial charge in [0.05, 0.1) is 32.0 Å². The van der Waals surface area contributed by atoms with Crippen LogP contribution in [0.15, 0.2) is 25.3 Å². The number of nitrogen functional groups attached to an aromatic ring is 2. The van der Waals surface area contributed by atoms with Crippen LogP contribution in [0.2, 0.25) is 0 Å². The Hall–Kier alpha value is -3.54. The van der Waals surface area contributed by atoms with Crippen LogP contribution in [-0.4, -0.2) is 96.6 Å². The van der Waals surface area contributed by atoms with Crippen molar-refractivity contribution in [2.24, 2.45) is 0 Å². The van der Waals surface area contributed by atoms with Gasteiger partial charge in [-0.25, -0.2) is 29.9 Å². The van der Waals surface area contributed by atoms with Crippen molar-refractivity contribution in [1.29, 1.82) is 0 Å². The van der Waals surface area contributed by atoms with E-state index >= 15 is 0 Å². The van der Waals surface area contributed by atoms with Gasteiger partial charge in [0.15, 0.2) is 22.9 Å². The highest BCUT2D eigenvalue weighted by Gasteiger charge is 2.69. The standard InChI is InChI=1S/C20H24N10O6/c21-15-13-17(25-5-23-15)29(7-27-13)12-2-19(34,11(4-32)35-12)20(10(33)1-9(3-31)36-20)30-8-28-14-16(22)24-6-26-18(14)30/h5-12,31-34H,1-4H2,(H2,21,23,25)(H2,22,24,26)/t9-,10+,11+,12+,19-,20-/m0/s1. The lowest BCUT2D eigenvalue weighted by atomic mass is 9.79. The highest BCUT2D eigenvalue weighted by molar-refractivity contribution is 5.82. The number of nitrogens with zero attached hydrogens (tertiary/aromatic N) is 8. The maximum absolute atomic E-state index is 12.3. The van der Waals surface area contributed by atoms with Gasteiger partial charge in [0.1, 0.15) is 47.7 Å². The molecule has 2 aliphatic rings. The molecule has 190 valence electrons. The largest absolute Gasteiger partial charge is 0.394 e. The van der Waals surface area contributed by atoms with E-state index in [2.05, 4.69) is 29.9 Å². The van der Waals surface area contributed by atoms with Crippen LogP contribution >= 0.6 is 0 Å². The first-order valence-electron chi connectivity index (χ1n) is 11.2. The molecule has 2 fully saturated rings. The monoisotopic (exact) mass is 500 g/mol. The number of hydrogen-bond acceptors (Lipinski definition) is 14. The first-order valence-corrected chi connectivity index (χ1v) is 11.2. The predicted molar refractivity (Wildman–Crippen MR) is 121 cm³/mol. The molecule has 0 radical (unpaired) electrons. The van der Waals surface area contributed by atoms with Crippen molar-refractivity contribution in [3.05, 3.63) is 25.3 Å². The maximum Gasteiger partial charge on any atom is 0.205 e. The summed E-state index contributed by atoms with van der Waals surface area (Å²) in [6.07, 6.45) is 0.738. The fraction of sp³-hybridized carbons (Fsp3) is 0.500. The molecular weight excluding hydrogens is 476 g/mol. The van der Waals surface area contributed by atoms with Gasteiger partial charge in [0, 0.05) is 12.8 Å². The molecule has 0 unspecified atom stereocenters. The van der Waals surface area contributed by atoms with E-state index in [1.165, 1.54) is 29.9 Å². The average molecular weight is 500 g/mol. The number of nitrogens with two attached hydrogens (primary N) is 2. The fourth-order valence-corrected chi connectivity index (χ4v) is 5.38. The summed E-state index contributed by atoms with van der Waals surface area (Å²) in [6.45, 7) is -1.04. The lowest BCUT2D eigenvalue weighted by Crippen LogP contribution is -2.65. The van der Waals surface area contributed by atoms with Crippen LogP contribution in [0.4, 0.5) is 11.6 Å². The summed E-state index contributed by atoms with van der Waals surface area (Å²) in [5.41, 5.74) is 8.96. The average Bonchev–Trinajstić information content (AvgIpc) is 3.63. The zero-order chi connectivity index (χ0) is 25.2. The summed E-state index contributed by atoms with van der Waals surface area (Å²) in [4.78, 5) is 24.8. The smallest absolute Gasteiger partial charge is 0.205 e. The molecule has 0 saturated carbocycles. The van der Waals surface area contributed by atoms with Crippen molar-refractivity contribution in [1.82, 2.24) is 39.0 Å². The van der Waals surface area contributed by atoms with Crippen LogP contribution in [-0.2, 0) is 15.2 Å². The van der Waals surface area contributed by atoms with Gasteiger partial charge >= 0.3 is 0 Å². The van der Waals surface area contributed by atoms with E-state index in [1.807, 2.05) is 0 Å². The Kier molecular flexibility index (Phi) is 5.08. The predicted octanol–water partition coefficient (Wildman–Crippen LogP) is -2.36. The second kappa shape index (κ2) is 7.99. The number of aromatic nitrogens is 8. The van der Waals surface area contributed by atoms with Crippen molar-refractivity contribution in [3.63, 3.8) is 0 Å². The topological polar surface area (TPSA) is 239 Å². The highest BCUT2D eigenvalue weighted by Crippen LogP contribution is 2.53. The number of fused-ring (bicyclic) bond motifs is 2. The first-order chi connectivity index (χ1) is 17.3. The highest BCUT2D eigenvalue weighted by atomic mass is 16.6. The van der Waals surface area contributed by atoms with Crippen LogP contribution in [0.25, 0.3) is 22.3 Å². The zero-order valence-corrected chi connectivity index (χ0v) is 18.8. The molecule has 2 saturated heterocycles. The SMILES string of the molecule is Nc1ncnc2c1ncn2[C@H]1C[C@@](O)([C@@]2(n3cnc4c(N)ncnc43)O[C@H](CO)C[C@H]2O)[C@@H](CO)O1. The Morgan fingerprint density at radius 3 is 2.28 bits per heavy atom. The molecule has 8 N–H and O–H groups in total. The Bertz CT molecular complexity index is 1450. The van der Waals surface area contributed by atoms with Crippen molar-refractivity contribution >= 4 is 34.0 Å². The normalized spacial score (nSPS) is 32.7. The van der Waals surface area contributed by atoms with Crippen molar-refractivity contribution in [2.75, 3.05) is 24.7 Å². The minimum atomic E-state index is -2.06. The van der Waals surface area contributed by atoms with E-state index < -0.39 is 49.1 Å². The molecular formula is C20H24N10O6. The molecule has 0 amide bonds. The van der Waals surface area contributed by atoms with E-state index in [0.29, 0.717) is 11.2 Å². The summed E-state index contributed by atoms with van der Waals surface area (Å²) < 4.78 is 15.2. The second-order valence-electron chi connectivity index (χ2n) is 8.89. The van der Waals surface area contributed by atoms with Crippen LogP contribution in [0.3, 0.4) is 0 Å². The van der Waals surface area contributed by atoms with E-state index in [4.69, 9.17) is 20.9 Å². The third-order valence-electron chi connectivity index (χ3n) is 7.03. The Morgan fingerprint density at radius 2 is 1.61 bits per heavy atom. The zero-order valence-electron chi connectivity index (χ0n) is 18.8. The number of anilines is 2. The van der Waals surface area contributed by atoms with Gasteiger partial charge in [-0.2, -0.15) is 0 Å². The summed E-state index contributed by atoms with van der Waals surface area (Å²) in [7, 11) is 0. The third kappa shape index (κ3) is 2.90. The summed E-state index contributed by atoms with van der Waals surface area (Å²) >= 11 is 0. The molecule has 36 heavy (non-hydrogen) atoms. The Morgan fingerprint density at radius 1 is 0.944 bits per heavy atom. The molecule has 0 aliphatic carbocycles. The maximum atomic E-state index is 12.3.